The Morgan fingerprint density at radius 1 is 1.00 bits per heavy atom. The van der Waals surface area contributed by atoms with E-state index in [4.69, 9.17) is 10.3 Å². The lowest BCUT2D eigenvalue weighted by molar-refractivity contribution is 0.482. The summed E-state index contributed by atoms with van der Waals surface area (Å²) in [7, 11) is 0. The van der Waals surface area contributed by atoms with Crippen LogP contribution in [0.1, 0.15) is 12.0 Å². The maximum atomic E-state index is 8.13. The van der Waals surface area contributed by atoms with E-state index in [2.05, 4.69) is 21.9 Å². The minimum atomic E-state index is 0.401. The van der Waals surface area contributed by atoms with Crippen molar-refractivity contribution in [3.8, 4) is 23.3 Å². The Labute approximate surface area is 117 Å². The lowest BCUT2D eigenvalue weighted by Crippen LogP contribution is -1.83. The summed E-state index contributed by atoms with van der Waals surface area (Å²) in [6.45, 7) is 0.401. The molecule has 0 aromatic heterocycles. The van der Waals surface area contributed by atoms with E-state index in [-0.39, 0.29) is 0 Å². The van der Waals surface area contributed by atoms with Gasteiger partial charge in [-0.05, 0) is 41.9 Å². The Morgan fingerprint density at radius 3 is 2.40 bits per heavy atom. The first kappa shape index (κ1) is 13.5. The molecule has 0 radical (unpaired) electrons. The van der Waals surface area contributed by atoms with Crippen LogP contribution in [0.25, 0.3) is 10.4 Å². The highest BCUT2D eigenvalue weighted by Gasteiger charge is 1.95. The molecule has 0 atom stereocenters. The van der Waals surface area contributed by atoms with Crippen LogP contribution in [0.3, 0.4) is 0 Å². The van der Waals surface area contributed by atoms with Crippen LogP contribution < -0.4 is 4.74 Å². The topological polar surface area (TPSA) is 58.0 Å². The van der Waals surface area contributed by atoms with Crippen molar-refractivity contribution in [3.63, 3.8) is 0 Å². The minimum absolute atomic E-state index is 0.401. The van der Waals surface area contributed by atoms with Gasteiger partial charge in [0.05, 0.1) is 0 Å². The van der Waals surface area contributed by atoms with E-state index in [1.165, 1.54) is 0 Å². The molecule has 0 unspecified atom stereocenters. The van der Waals surface area contributed by atoms with Gasteiger partial charge in [0.25, 0.3) is 0 Å². The first-order valence-electron chi connectivity index (χ1n) is 6.21. The highest BCUT2D eigenvalue weighted by Crippen LogP contribution is 2.20. The molecule has 0 fully saturated rings. The van der Waals surface area contributed by atoms with E-state index >= 15 is 0 Å². The van der Waals surface area contributed by atoms with E-state index in [0.29, 0.717) is 13.0 Å². The van der Waals surface area contributed by atoms with Gasteiger partial charge in [-0.1, -0.05) is 35.2 Å². The van der Waals surface area contributed by atoms with Gasteiger partial charge >= 0.3 is 0 Å². The predicted octanol–water partition coefficient (Wildman–Crippen LogP) is 4.53. The number of nitrogens with zero attached hydrogens (tertiary/aromatic N) is 3. The third kappa shape index (κ3) is 4.41. The maximum Gasteiger partial charge on any atom is 0.127 e. The number of para-hydroxylation sites is 1. The summed E-state index contributed by atoms with van der Waals surface area (Å²) >= 11 is 0. The fraction of sp³-hybridized carbons (Fsp3) is 0.125. The van der Waals surface area contributed by atoms with Crippen molar-refractivity contribution >= 4 is 0 Å². The van der Waals surface area contributed by atoms with Crippen LogP contribution in [0.4, 0.5) is 0 Å². The van der Waals surface area contributed by atoms with Crippen molar-refractivity contribution in [2.45, 2.75) is 6.42 Å². The van der Waals surface area contributed by atoms with Crippen molar-refractivity contribution in [1.29, 1.82) is 0 Å². The highest BCUT2D eigenvalue weighted by molar-refractivity contribution is 5.39. The lowest BCUT2D eigenvalue weighted by Gasteiger charge is -2.04. The molecule has 20 heavy (non-hydrogen) atoms. The van der Waals surface area contributed by atoms with Gasteiger partial charge in [-0.2, -0.15) is 0 Å². The average molecular weight is 263 g/mol. The first-order valence-corrected chi connectivity index (χ1v) is 6.21. The summed E-state index contributed by atoms with van der Waals surface area (Å²) in [6.07, 6.45) is 0.562. The molecule has 98 valence electrons. The highest BCUT2D eigenvalue weighted by atomic mass is 16.5. The molecule has 0 bridgehead atoms. The van der Waals surface area contributed by atoms with Crippen molar-refractivity contribution in [3.05, 3.63) is 70.6 Å². The zero-order chi connectivity index (χ0) is 14.0. The Balaban J connectivity index is 1.94. The van der Waals surface area contributed by atoms with Gasteiger partial charge in [-0.25, -0.2) is 0 Å². The molecule has 0 aliphatic carbocycles. The molecule has 4 heteroatoms. The van der Waals surface area contributed by atoms with E-state index in [9.17, 15) is 0 Å². The van der Waals surface area contributed by atoms with Gasteiger partial charge < -0.3 is 4.74 Å². The molecular formula is C16H13N3O. The van der Waals surface area contributed by atoms with Crippen LogP contribution >= 0.6 is 0 Å². The van der Waals surface area contributed by atoms with Gasteiger partial charge in [0.2, 0.25) is 0 Å². The summed E-state index contributed by atoms with van der Waals surface area (Å²) in [6, 6.07) is 17.2. The van der Waals surface area contributed by atoms with Gasteiger partial charge in [0, 0.05) is 23.4 Å². The molecule has 2 aromatic rings. The van der Waals surface area contributed by atoms with E-state index in [1.54, 1.807) is 0 Å². The Bertz CT molecular complexity index is 648. The SMILES string of the molecule is [N-]=[N+]=NCCC#Cc1ccc(Oc2ccccc2)cc1. The molecule has 0 heterocycles. The predicted molar refractivity (Wildman–Crippen MR) is 78.5 cm³/mol. The summed E-state index contributed by atoms with van der Waals surface area (Å²) in [4.78, 5) is 2.67. The molecule has 2 aromatic carbocycles. The number of benzene rings is 2. The number of hydrogen-bond acceptors (Lipinski definition) is 2. The molecule has 4 nitrogen and oxygen atoms in total. The fourth-order valence-electron chi connectivity index (χ4n) is 1.55. The van der Waals surface area contributed by atoms with Gasteiger partial charge in [-0.3, -0.25) is 0 Å². The molecule has 0 aliphatic heterocycles. The molecule has 0 amide bonds. The third-order valence-electron chi connectivity index (χ3n) is 2.47. The smallest absolute Gasteiger partial charge is 0.127 e. The van der Waals surface area contributed by atoms with Crippen molar-refractivity contribution in [2.24, 2.45) is 5.11 Å². The average Bonchev–Trinajstić information content (AvgIpc) is 2.50. The number of hydrogen-bond donors (Lipinski definition) is 0. The Morgan fingerprint density at radius 2 is 1.70 bits per heavy atom. The second kappa shape index (κ2) is 7.52. The van der Waals surface area contributed by atoms with Gasteiger partial charge in [0.1, 0.15) is 11.5 Å². The minimum Gasteiger partial charge on any atom is -0.457 e. The first-order chi connectivity index (χ1) is 9.88. The number of ether oxygens (including phenoxy) is 1. The lowest BCUT2D eigenvalue weighted by atomic mass is 10.2. The van der Waals surface area contributed by atoms with Crippen molar-refractivity contribution in [2.75, 3.05) is 6.54 Å². The summed E-state index contributed by atoms with van der Waals surface area (Å²) in [5, 5.41) is 3.42. The third-order valence-corrected chi connectivity index (χ3v) is 2.47. The van der Waals surface area contributed by atoms with Crippen LogP contribution in [0.5, 0.6) is 11.5 Å². The zero-order valence-electron chi connectivity index (χ0n) is 10.9. The van der Waals surface area contributed by atoms with Crippen LogP contribution in [0.15, 0.2) is 59.7 Å². The van der Waals surface area contributed by atoms with E-state index < -0.39 is 0 Å². The molecule has 0 N–H and O–H groups in total. The second-order valence-electron chi connectivity index (χ2n) is 3.95. The van der Waals surface area contributed by atoms with Crippen LogP contribution in [-0.4, -0.2) is 6.54 Å². The van der Waals surface area contributed by atoms with Gasteiger partial charge in [-0.15, -0.1) is 0 Å². The quantitative estimate of drug-likeness (QED) is 0.263. The standard InChI is InChI=1S/C16H13N3O/c17-19-18-13-5-4-6-14-9-11-16(12-10-14)20-15-7-2-1-3-8-15/h1-3,7-12H,5,13H2. The molecule has 0 saturated heterocycles. The molecule has 0 aliphatic rings. The normalized spacial score (nSPS) is 9.00. The monoisotopic (exact) mass is 263 g/mol. The molecule has 0 spiro atoms. The Kier molecular flexibility index (Phi) is 5.09. The van der Waals surface area contributed by atoms with Crippen molar-refractivity contribution < 1.29 is 4.74 Å². The molecule has 0 saturated carbocycles. The Hall–Kier alpha value is -2.89. The van der Waals surface area contributed by atoms with Crippen LogP contribution in [0, 0.1) is 11.8 Å². The summed E-state index contributed by atoms with van der Waals surface area (Å²) < 4.78 is 5.69. The molecule has 2 rings (SSSR count). The van der Waals surface area contributed by atoms with E-state index in [0.717, 1.165) is 17.1 Å². The maximum absolute atomic E-state index is 8.13. The fourth-order valence-corrected chi connectivity index (χ4v) is 1.55. The second-order valence-corrected chi connectivity index (χ2v) is 3.95. The van der Waals surface area contributed by atoms with Crippen LogP contribution in [-0.2, 0) is 0 Å². The summed E-state index contributed by atoms with van der Waals surface area (Å²) in [5.41, 5.74) is 9.04. The van der Waals surface area contributed by atoms with Crippen molar-refractivity contribution in [1.82, 2.24) is 0 Å². The molecular weight excluding hydrogens is 250 g/mol. The largest absolute Gasteiger partial charge is 0.457 e. The zero-order valence-corrected chi connectivity index (χ0v) is 10.9. The van der Waals surface area contributed by atoms with E-state index in [1.807, 2.05) is 54.6 Å². The number of rotatable bonds is 4. The van der Waals surface area contributed by atoms with Gasteiger partial charge in [0.15, 0.2) is 0 Å². The summed E-state index contributed by atoms with van der Waals surface area (Å²) in [5.74, 6) is 7.54. The number of azide groups is 1. The van der Waals surface area contributed by atoms with Crippen LogP contribution in [0.2, 0.25) is 0 Å².